The quantitative estimate of drug-likeness (QED) is 0.546. The standard InChI is InChI=1S/C22H29N5O5S/c1-3-27(4-2)33(30,31)19-8-5-7-18(15-19)25-20(28)16-32-21(29)17-9-13-26(14-10-17)22-23-11-6-12-24-22/h5-8,11-12,15,17H,3-4,9-10,13-14,16H2,1-2H3,(H,25,28). The Bertz CT molecular complexity index is 1050. The van der Waals surface area contributed by atoms with E-state index in [0.29, 0.717) is 50.7 Å². The molecule has 2 heterocycles. The highest BCUT2D eigenvalue weighted by Gasteiger charge is 2.28. The Balaban J connectivity index is 1.49. The minimum absolute atomic E-state index is 0.0927. The van der Waals surface area contributed by atoms with Gasteiger partial charge in [-0.05, 0) is 37.1 Å². The number of hydrogen-bond acceptors (Lipinski definition) is 8. The Labute approximate surface area is 194 Å². The number of amides is 1. The van der Waals surface area contributed by atoms with Crippen LogP contribution in [0.25, 0.3) is 0 Å². The third kappa shape index (κ3) is 6.26. The molecule has 1 aromatic heterocycles. The molecule has 33 heavy (non-hydrogen) atoms. The fourth-order valence-corrected chi connectivity index (χ4v) is 5.17. The van der Waals surface area contributed by atoms with E-state index in [4.69, 9.17) is 4.74 Å². The molecule has 11 heteroatoms. The molecule has 0 spiro atoms. The number of sulfonamides is 1. The van der Waals surface area contributed by atoms with Crippen molar-refractivity contribution in [2.45, 2.75) is 31.6 Å². The Morgan fingerprint density at radius 2 is 1.79 bits per heavy atom. The van der Waals surface area contributed by atoms with Crippen LogP contribution < -0.4 is 10.2 Å². The third-order valence-electron chi connectivity index (χ3n) is 5.47. The summed E-state index contributed by atoms with van der Waals surface area (Å²) in [6.45, 7) is 5.05. The number of esters is 1. The number of aromatic nitrogens is 2. The van der Waals surface area contributed by atoms with Crippen LogP contribution in [-0.2, 0) is 24.3 Å². The van der Waals surface area contributed by atoms with Gasteiger partial charge in [-0.2, -0.15) is 4.31 Å². The van der Waals surface area contributed by atoms with Gasteiger partial charge in [0.15, 0.2) is 6.61 Å². The van der Waals surface area contributed by atoms with Crippen molar-refractivity contribution in [2.75, 3.05) is 43.0 Å². The number of carbonyl (C=O) groups excluding carboxylic acids is 2. The zero-order chi connectivity index (χ0) is 23.8. The van der Waals surface area contributed by atoms with E-state index in [1.807, 2.05) is 4.90 Å². The summed E-state index contributed by atoms with van der Waals surface area (Å²) in [7, 11) is -3.64. The molecule has 2 aromatic rings. The molecule has 0 unspecified atom stereocenters. The lowest BCUT2D eigenvalue weighted by Gasteiger charge is -2.30. The summed E-state index contributed by atoms with van der Waals surface area (Å²) in [5.41, 5.74) is 0.320. The largest absolute Gasteiger partial charge is 0.455 e. The van der Waals surface area contributed by atoms with Crippen molar-refractivity contribution in [3.8, 4) is 0 Å². The van der Waals surface area contributed by atoms with Crippen LogP contribution in [0.2, 0.25) is 0 Å². The monoisotopic (exact) mass is 475 g/mol. The topological polar surface area (TPSA) is 122 Å². The first-order valence-electron chi connectivity index (χ1n) is 10.9. The number of anilines is 2. The molecule has 0 bridgehead atoms. The van der Waals surface area contributed by atoms with Gasteiger partial charge in [0.05, 0.1) is 10.8 Å². The fraction of sp³-hybridized carbons (Fsp3) is 0.455. The first kappa shape index (κ1) is 24.6. The molecule has 1 aliphatic heterocycles. The van der Waals surface area contributed by atoms with E-state index in [-0.39, 0.29) is 10.8 Å². The second-order valence-electron chi connectivity index (χ2n) is 7.58. The van der Waals surface area contributed by atoms with Crippen LogP contribution in [0.3, 0.4) is 0 Å². The molecular weight excluding hydrogens is 446 g/mol. The zero-order valence-electron chi connectivity index (χ0n) is 18.8. The number of nitrogens with one attached hydrogen (secondary N) is 1. The van der Waals surface area contributed by atoms with Crippen LogP contribution >= 0.6 is 0 Å². The van der Waals surface area contributed by atoms with Gasteiger partial charge >= 0.3 is 5.97 Å². The Morgan fingerprint density at radius 3 is 2.42 bits per heavy atom. The van der Waals surface area contributed by atoms with E-state index in [9.17, 15) is 18.0 Å². The SMILES string of the molecule is CCN(CC)S(=O)(=O)c1cccc(NC(=O)COC(=O)C2CCN(c3ncccn3)CC2)c1. The van der Waals surface area contributed by atoms with Crippen molar-refractivity contribution in [3.05, 3.63) is 42.7 Å². The number of ether oxygens (including phenoxy) is 1. The van der Waals surface area contributed by atoms with E-state index in [2.05, 4.69) is 15.3 Å². The van der Waals surface area contributed by atoms with Gasteiger partial charge in [-0.1, -0.05) is 19.9 Å². The van der Waals surface area contributed by atoms with Crippen molar-refractivity contribution in [2.24, 2.45) is 5.92 Å². The Kier molecular flexibility index (Phi) is 8.34. The van der Waals surface area contributed by atoms with Crippen molar-refractivity contribution in [1.29, 1.82) is 0 Å². The molecule has 1 aromatic carbocycles. The molecule has 178 valence electrons. The fourth-order valence-electron chi connectivity index (χ4n) is 3.67. The first-order valence-corrected chi connectivity index (χ1v) is 12.4. The molecule has 0 atom stereocenters. The molecule has 10 nitrogen and oxygen atoms in total. The lowest BCUT2D eigenvalue weighted by atomic mass is 9.97. The van der Waals surface area contributed by atoms with Crippen molar-refractivity contribution >= 4 is 33.5 Å². The Hall–Kier alpha value is -3.05. The van der Waals surface area contributed by atoms with Gasteiger partial charge in [0.1, 0.15) is 0 Å². The minimum atomic E-state index is -3.64. The summed E-state index contributed by atoms with van der Waals surface area (Å²) in [6.07, 6.45) is 4.53. The van der Waals surface area contributed by atoms with Crippen LogP contribution in [-0.4, -0.2) is 67.4 Å². The van der Waals surface area contributed by atoms with E-state index in [1.165, 1.54) is 16.4 Å². The summed E-state index contributed by atoms with van der Waals surface area (Å²) in [5, 5.41) is 2.59. The van der Waals surface area contributed by atoms with Crippen molar-refractivity contribution < 1.29 is 22.7 Å². The van der Waals surface area contributed by atoms with Crippen molar-refractivity contribution in [3.63, 3.8) is 0 Å². The number of hydrogen-bond donors (Lipinski definition) is 1. The van der Waals surface area contributed by atoms with Crippen LogP contribution in [0.5, 0.6) is 0 Å². The summed E-state index contributed by atoms with van der Waals surface area (Å²) in [6, 6.07) is 7.77. The third-order valence-corrected chi connectivity index (χ3v) is 7.52. The number of rotatable bonds is 9. The number of carbonyl (C=O) groups is 2. The van der Waals surface area contributed by atoms with Crippen LogP contribution in [0.1, 0.15) is 26.7 Å². The second-order valence-corrected chi connectivity index (χ2v) is 9.52. The molecule has 1 N–H and O–H groups in total. The second kappa shape index (κ2) is 11.2. The van der Waals surface area contributed by atoms with Crippen molar-refractivity contribution in [1.82, 2.24) is 14.3 Å². The molecule has 0 radical (unpaired) electrons. The molecule has 1 amide bonds. The van der Waals surface area contributed by atoms with Gasteiger partial charge in [0.2, 0.25) is 16.0 Å². The van der Waals surface area contributed by atoms with E-state index in [1.54, 1.807) is 44.4 Å². The summed E-state index contributed by atoms with van der Waals surface area (Å²) in [5.74, 6) is -0.610. The summed E-state index contributed by atoms with van der Waals surface area (Å²) >= 11 is 0. The smallest absolute Gasteiger partial charge is 0.309 e. The summed E-state index contributed by atoms with van der Waals surface area (Å²) < 4.78 is 31.9. The average Bonchev–Trinajstić information content (AvgIpc) is 2.84. The molecule has 0 saturated carbocycles. The maximum atomic E-state index is 12.7. The van der Waals surface area contributed by atoms with Gasteiger partial charge in [0, 0.05) is 44.3 Å². The predicted molar refractivity (Wildman–Crippen MR) is 123 cm³/mol. The van der Waals surface area contributed by atoms with Gasteiger partial charge in [-0.25, -0.2) is 18.4 Å². The van der Waals surface area contributed by atoms with E-state index >= 15 is 0 Å². The highest BCUT2D eigenvalue weighted by atomic mass is 32.2. The van der Waals surface area contributed by atoms with E-state index < -0.39 is 28.5 Å². The highest BCUT2D eigenvalue weighted by molar-refractivity contribution is 7.89. The average molecular weight is 476 g/mol. The first-order chi connectivity index (χ1) is 15.8. The zero-order valence-corrected chi connectivity index (χ0v) is 19.6. The number of benzene rings is 1. The maximum absolute atomic E-state index is 12.7. The number of piperidine rings is 1. The maximum Gasteiger partial charge on any atom is 0.309 e. The van der Waals surface area contributed by atoms with Gasteiger partial charge in [-0.3, -0.25) is 9.59 Å². The summed E-state index contributed by atoms with van der Waals surface area (Å²) in [4.78, 5) is 35.2. The van der Waals surface area contributed by atoms with Crippen LogP contribution in [0.4, 0.5) is 11.6 Å². The lowest BCUT2D eigenvalue weighted by molar-refractivity contribution is -0.152. The molecule has 3 rings (SSSR count). The van der Waals surface area contributed by atoms with Gasteiger partial charge in [-0.15, -0.1) is 0 Å². The molecule has 1 fully saturated rings. The van der Waals surface area contributed by atoms with Gasteiger partial charge in [0.25, 0.3) is 5.91 Å². The minimum Gasteiger partial charge on any atom is -0.455 e. The molecule has 1 aliphatic rings. The normalized spacial score (nSPS) is 14.8. The highest BCUT2D eigenvalue weighted by Crippen LogP contribution is 2.22. The Morgan fingerprint density at radius 1 is 1.12 bits per heavy atom. The predicted octanol–water partition coefficient (Wildman–Crippen LogP) is 1.91. The molecule has 1 saturated heterocycles. The molecule has 0 aliphatic carbocycles. The lowest BCUT2D eigenvalue weighted by Crippen LogP contribution is -2.38. The molecular formula is C22H29N5O5S. The van der Waals surface area contributed by atoms with E-state index in [0.717, 1.165) is 0 Å². The number of nitrogens with zero attached hydrogens (tertiary/aromatic N) is 4. The van der Waals surface area contributed by atoms with Crippen LogP contribution in [0.15, 0.2) is 47.6 Å². The van der Waals surface area contributed by atoms with Gasteiger partial charge < -0.3 is 15.0 Å². The van der Waals surface area contributed by atoms with Crippen LogP contribution in [0, 0.1) is 5.92 Å².